The summed E-state index contributed by atoms with van der Waals surface area (Å²) in [6.07, 6.45) is 4.06. The van der Waals surface area contributed by atoms with E-state index in [9.17, 15) is 13.2 Å². The lowest BCUT2D eigenvalue weighted by Crippen LogP contribution is -2.31. The first-order valence-electron chi connectivity index (χ1n) is 10.4. The lowest BCUT2D eigenvalue weighted by Gasteiger charge is -2.21. The van der Waals surface area contributed by atoms with Gasteiger partial charge in [0.05, 0.1) is 25.7 Å². The van der Waals surface area contributed by atoms with Crippen LogP contribution in [0.4, 0.5) is 5.69 Å². The highest BCUT2D eigenvalue weighted by Gasteiger charge is 2.28. The van der Waals surface area contributed by atoms with E-state index < -0.39 is 16.1 Å². The number of imidazole rings is 1. The maximum Gasteiger partial charge on any atom is 0.252 e. The van der Waals surface area contributed by atoms with Gasteiger partial charge in [-0.2, -0.15) is 0 Å². The average Bonchev–Trinajstić information content (AvgIpc) is 3.41. The van der Waals surface area contributed by atoms with Gasteiger partial charge in [-0.3, -0.25) is 9.10 Å². The topological polar surface area (TPSA) is 103 Å². The molecule has 0 radical (unpaired) electrons. The molecule has 0 bridgehead atoms. The molecule has 0 saturated carbocycles. The fourth-order valence-corrected chi connectivity index (χ4v) is 5.44. The second kappa shape index (κ2) is 9.14. The van der Waals surface area contributed by atoms with Gasteiger partial charge in [-0.05, 0) is 48.4 Å². The van der Waals surface area contributed by atoms with E-state index in [2.05, 4.69) is 10.3 Å². The smallest absolute Gasteiger partial charge is 0.252 e. The second-order valence-electron chi connectivity index (χ2n) is 7.74. The van der Waals surface area contributed by atoms with E-state index in [0.717, 1.165) is 5.56 Å². The van der Waals surface area contributed by atoms with Crippen molar-refractivity contribution in [2.24, 2.45) is 7.05 Å². The van der Waals surface area contributed by atoms with Crippen LogP contribution in [0.1, 0.15) is 34.2 Å². The number of carbonyl (C=O) groups excluding carboxylic acids is 1. The molecule has 174 valence electrons. The minimum Gasteiger partial charge on any atom is -0.497 e. The Balaban J connectivity index is 1.63. The van der Waals surface area contributed by atoms with Gasteiger partial charge < -0.3 is 19.4 Å². The number of nitrogens with one attached hydrogen (secondary N) is 1. The van der Waals surface area contributed by atoms with Crippen molar-refractivity contribution in [2.75, 3.05) is 30.8 Å². The van der Waals surface area contributed by atoms with Gasteiger partial charge in [-0.15, -0.1) is 0 Å². The predicted octanol–water partition coefficient (Wildman–Crippen LogP) is 2.50. The quantitative estimate of drug-likeness (QED) is 0.569. The number of nitrogens with zero attached hydrogens (tertiary/aromatic N) is 3. The summed E-state index contributed by atoms with van der Waals surface area (Å²) in [6.45, 7) is 0.451. The van der Waals surface area contributed by atoms with E-state index in [0.29, 0.717) is 41.5 Å². The van der Waals surface area contributed by atoms with Crippen LogP contribution in [0.3, 0.4) is 0 Å². The molecule has 1 saturated heterocycles. The molecule has 1 fully saturated rings. The highest BCUT2D eigenvalue weighted by atomic mass is 32.2. The molecule has 2 heterocycles. The lowest BCUT2D eigenvalue weighted by atomic mass is 10.0. The maximum absolute atomic E-state index is 13.2. The minimum absolute atomic E-state index is 0.143. The number of aryl methyl sites for hydroxylation is 1. The number of hydrogen-bond acceptors (Lipinski definition) is 6. The summed E-state index contributed by atoms with van der Waals surface area (Å²) < 4.78 is 38.3. The van der Waals surface area contributed by atoms with Crippen molar-refractivity contribution in [3.8, 4) is 11.5 Å². The van der Waals surface area contributed by atoms with Crippen molar-refractivity contribution in [3.05, 3.63) is 71.8 Å². The summed E-state index contributed by atoms with van der Waals surface area (Å²) in [6, 6.07) is 11.4. The Labute approximate surface area is 193 Å². The molecule has 1 N–H and O–H groups in total. The number of anilines is 1. The van der Waals surface area contributed by atoms with Crippen LogP contribution < -0.4 is 19.1 Å². The Morgan fingerprint density at radius 2 is 1.76 bits per heavy atom. The monoisotopic (exact) mass is 470 g/mol. The molecule has 0 aliphatic carbocycles. The molecule has 1 aliphatic heterocycles. The van der Waals surface area contributed by atoms with Crippen molar-refractivity contribution < 1.29 is 22.7 Å². The molecular weight excluding hydrogens is 444 g/mol. The number of rotatable bonds is 7. The molecular formula is C23H26N4O5S. The van der Waals surface area contributed by atoms with Gasteiger partial charge >= 0.3 is 0 Å². The van der Waals surface area contributed by atoms with Crippen LogP contribution in [0.2, 0.25) is 0 Å². The summed E-state index contributed by atoms with van der Waals surface area (Å²) >= 11 is 0. The summed E-state index contributed by atoms with van der Waals surface area (Å²) in [7, 11) is 1.70. The van der Waals surface area contributed by atoms with Gasteiger partial charge in [-0.1, -0.05) is 0 Å². The highest BCUT2D eigenvalue weighted by Crippen LogP contribution is 2.30. The summed E-state index contributed by atoms with van der Waals surface area (Å²) in [5.74, 6) is 1.65. The molecule has 33 heavy (non-hydrogen) atoms. The first-order chi connectivity index (χ1) is 15.8. The summed E-state index contributed by atoms with van der Waals surface area (Å²) in [5, 5.41) is 3.04. The summed E-state index contributed by atoms with van der Waals surface area (Å²) in [4.78, 5) is 17.6. The fraction of sp³-hybridized carbons (Fsp3) is 0.304. The van der Waals surface area contributed by atoms with E-state index in [-0.39, 0.29) is 11.7 Å². The van der Waals surface area contributed by atoms with Crippen molar-refractivity contribution >= 4 is 21.6 Å². The number of benzene rings is 2. The van der Waals surface area contributed by atoms with Gasteiger partial charge in [-0.25, -0.2) is 13.4 Å². The zero-order chi connectivity index (χ0) is 23.6. The van der Waals surface area contributed by atoms with Crippen molar-refractivity contribution in [1.82, 2.24) is 14.9 Å². The number of sulfonamides is 1. The molecule has 1 amide bonds. The van der Waals surface area contributed by atoms with E-state index >= 15 is 0 Å². The third-order valence-corrected chi connectivity index (χ3v) is 7.49. The number of methoxy groups -OCH3 is 2. The minimum atomic E-state index is -3.28. The zero-order valence-corrected chi connectivity index (χ0v) is 19.5. The zero-order valence-electron chi connectivity index (χ0n) is 18.7. The van der Waals surface area contributed by atoms with Crippen molar-refractivity contribution in [2.45, 2.75) is 12.5 Å². The van der Waals surface area contributed by atoms with E-state index in [1.807, 2.05) is 23.7 Å². The molecule has 0 spiro atoms. The predicted molar refractivity (Wildman–Crippen MR) is 124 cm³/mol. The Morgan fingerprint density at radius 3 is 2.27 bits per heavy atom. The van der Waals surface area contributed by atoms with E-state index in [1.165, 1.54) is 4.31 Å². The standard InChI is InChI=1S/C23H26N4O5S/c1-26-11-9-24-22(26)21(17-13-19(31-2)15-20(14-17)32-3)25-23(28)16-5-7-18(8-6-16)27-10-4-12-33(27,29)30/h5-9,11,13-15,21H,4,10,12H2,1-3H3,(H,25,28)/t21-/m1/s1. The molecule has 1 aliphatic rings. The number of amides is 1. The molecule has 4 rings (SSSR count). The number of hydrogen-bond donors (Lipinski definition) is 1. The van der Waals surface area contributed by atoms with Crippen LogP contribution in [-0.4, -0.2) is 50.4 Å². The maximum atomic E-state index is 13.2. The van der Waals surface area contributed by atoms with Crippen LogP contribution in [0.5, 0.6) is 11.5 Å². The molecule has 10 heteroatoms. The fourth-order valence-electron chi connectivity index (χ4n) is 3.87. The SMILES string of the molecule is COc1cc(OC)cc([C@@H](NC(=O)c2ccc(N3CCCS3(=O)=O)cc2)c2nccn2C)c1. The van der Waals surface area contributed by atoms with E-state index in [1.54, 1.807) is 56.9 Å². The number of ether oxygens (including phenoxy) is 2. The highest BCUT2D eigenvalue weighted by molar-refractivity contribution is 7.93. The largest absolute Gasteiger partial charge is 0.497 e. The van der Waals surface area contributed by atoms with Crippen LogP contribution >= 0.6 is 0 Å². The number of aromatic nitrogens is 2. The molecule has 9 nitrogen and oxygen atoms in total. The molecule has 1 atom stereocenters. The third-order valence-electron chi connectivity index (χ3n) is 5.62. The van der Waals surface area contributed by atoms with Crippen LogP contribution in [0, 0.1) is 0 Å². The Kier molecular flexibility index (Phi) is 6.28. The normalized spacial score (nSPS) is 15.8. The first-order valence-corrected chi connectivity index (χ1v) is 12.0. The molecule has 2 aromatic carbocycles. The van der Waals surface area contributed by atoms with Crippen molar-refractivity contribution in [1.29, 1.82) is 0 Å². The van der Waals surface area contributed by atoms with Gasteiger partial charge in [0, 0.05) is 37.6 Å². The molecule has 0 unspecified atom stereocenters. The third kappa shape index (κ3) is 4.65. The average molecular weight is 471 g/mol. The van der Waals surface area contributed by atoms with Gasteiger partial charge in [0.2, 0.25) is 10.0 Å². The van der Waals surface area contributed by atoms with Crippen LogP contribution in [0.15, 0.2) is 54.9 Å². The Hall–Kier alpha value is -3.53. The van der Waals surface area contributed by atoms with Gasteiger partial charge in [0.1, 0.15) is 23.4 Å². The van der Waals surface area contributed by atoms with Gasteiger partial charge in [0.15, 0.2) is 0 Å². The lowest BCUT2D eigenvalue weighted by molar-refractivity contribution is 0.0941. The Bertz CT molecular complexity index is 1230. The van der Waals surface area contributed by atoms with Crippen LogP contribution in [-0.2, 0) is 17.1 Å². The van der Waals surface area contributed by atoms with Gasteiger partial charge in [0.25, 0.3) is 5.91 Å². The van der Waals surface area contributed by atoms with Crippen molar-refractivity contribution in [3.63, 3.8) is 0 Å². The molecule has 3 aromatic rings. The van der Waals surface area contributed by atoms with Crippen LogP contribution in [0.25, 0.3) is 0 Å². The second-order valence-corrected chi connectivity index (χ2v) is 9.75. The first kappa shape index (κ1) is 22.7. The number of carbonyl (C=O) groups is 1. The molecule has 1 aromatic heterocycles. The summed E-state index contributed by atoms with van der Waals surface area (Å²) in [5.41, 5.74) is 1.71. The Morgan fingerprint density at radius 1 is 1.09 bits per heavy atom. The van der Waals surface area contributed by atoms with E-state index in [4.69, 9.17) is 9.47 Å².